The second kappa shape index (κ2) is 7.27. The van der Waals surface area contributed by atoms with Crippen LogP contribution >= 0.6 is 15.9 Å². The highest BCUT2D eigenvalue weighted by Gasteiger charge is 2.05. The molecule has 0 aliphatic heterocycles. The Labute approximate surface area is 151 Å². The quantitative estimate of drug-likeness (QED) is 0.201. The molecule has 0 spiro atoms. The molecule has 0 atom stereocenters. The molecule has 0 heterocycles. The maximum atomic E-state index is 11.9. The third-order valence-corrected chi connectivity index (χ3v) is 3.98. The fourth-order valence-corrected chi connectivity index (χ4v) is 2.69. The minimum Gasteiger partial charge on any atom is -0.423 e. The van der Waals surface area contributed by atoms with Gasteiger partial charge < -0.3 is 4.74 Å². The predicted molar refractivity (Wildman–Crippen MR) is 99.4 cm³/mol. The van der Waals surface area contributed by atoms with Crippen LogP contribution in [0.2, 0.25) is 0 Å². The van der Waals surface area contributed by atoms with Crippen molar-refractivity contribution in [2.75, 3.05) is 0 Å². The van der Waals surface area contributed by atoms with Crippen LogP contribution in [0.25, 0.3) is 16.8 Å². The number of benzene rings is 3. The molecular weight excluding hydrogens is 386 g/mol. The summed E-state index contributed by atoms with van der Waals surface area (Å²) in [5.74, 6) is -0.119. The first-order chi connectivity index (χ1) is 12.0. The van der Waals surface area contributed by atoms with Gasteiger partial charge in [-0.3, -0.25) is 10.1 Å². The van der Waals surface area contributed by atoms with Gasteiger partial charge in [0, 0.05) is 22.7 Å². The second-order valence-corrected chi connectivity index (χ2v) is 6.18. The number of nitro groups is 1. The van der Waals surface area contributed by atoms with Gasteiger partial charge in [-0.25, -0.2) is 4.79 Å². The van der Waals surface area contributed by atoms with E-state index in [9.17, 15) is 14.9 Å². The lowest BCUT2D eigenvalue weighted by Crippen LogP contribution is -2.03. The number of rotatable bonds is 4. The molecule has 0 aliphatic rings. The van der Waals surface area contributed by atoms with Crippen LogP contribution in [0.5, 0.6) is 5.75 Å². The van der Waals surface area contributed by atoms with Gasteiger partial charge in [0.25, 0.3) is 5.69 Å². The number of carbonyl (C=O) groups excluding carboxylic acids is 1. The number of nitro benzene ring substituents is 1. The van der Waals surface area contributed by atoms with E-state index < -0.39 is 10.9 Å². The van der Waals surface area contributed by atoms with Crippen molar-refractivity contribution in [3.05, 3.63) is 86.9 Å². The van der Waals surface area contributed by atoms with Crippen molar-refractivity contribution < 1.29 is 14.5 Å². The molecule has 0 fully saturated rings. The summed E-state index contributed by atoms with van der Waals surface area (Å²) in [5, 5.41) is 12.7. The van der Waals surface area contributed by atoms with Gasteiger partial charge in [-0.05, 0) is 46.7 Å². The van der Waals surface area contributed by atoms with Gasteiger partial charge in [0.15, 0.2) is 0 Å². The highest BCUT2D eigenvalue weighted by atomic mass is 79.9. The Kier molecular flexibility index (Phi) is 4.90. The van der Waals surface area contributed by atoms with Gasteiger partial charge in [-0.1, -0.05) is 40.2 Å². The number of nitrogens with zero attached hydrogens (tertiary/aromatic N) is 1. The van der Waals surface area contributed by atoms with Crippen LogP contribution in [0.1, 0.15) is 5.56 Å². The van der Waals surface area contributed by atoms with Gasteiger partial charge in [0.05, 0.1) is 4.92 Å². The topological polar surface area (TPSA) is 69.4 Å². The van der Waals surface area contributed by atoms with E-state index in [2.05, 4.69) is 15.9 Å². The van der Waals surface area contributed by atoms with E-state index in [0.29, 0.717) is 11.3 Å². The fraction of sp³-hybridized carbons (Fsp3) is 0. The zero-order chi connectivity index (χ0) is 17.8. The van der Waals surface area contributed by atoms with Crippen molar-refractivity contribution in [2.45, 2.75) is 0 Å². The van der Waals surface area contributed by atoms with Crippen molar-refractivity contribution in [3.8, 4) is 5.75 Å². The molecule has 0 radical (unpaired) electrons. The monoisotopic (exact) mass is 397 g/mol. The predicted octanol–water partition coefficient (Wildman–Crippen LogP) is 5.13. The highest BCUT2D eigenvalue weighted by molar-refractivity contribution is 9.10. The molecule has 25 heavy (non-hydrogen) atoms. The van der Waals surface area contributed by atoms with Crippen LogP contribution in [0.15, 0.2) is 71.2 Å². The van der Waals surface area contributed by atoms with Crippen LogP contribution in [0, 0.1) is 10.1 Å². The van der Waals surface area contributed by atoms with E-state index in [-0.39, 0.29) is 5.69 Å². The van der Waals surface area contributed by atoms with E-state index in [1.165, 1.54) is 24.3 Å². The third-order valence-electron chi connectivity index (χ3n) is 3.49. The first-order valence-corrected chi connectivity index (χ1v) is 8.14. The van der Waals surface area contributed by atoms with Crippen LogP contribution in [0.3, 0.4) is 0 Å². The van der Waals surface area contributed by atoms with E-state index >= 15 is 0 Å². The Morgan fingerprint density at radius 2 is 1.80 bits per heavy atom. The zero-order valence-corrected chi connectivity index (χ0v) is 14.5. The Balaban J connectivity index is 1.73. The molecule has 0 unspecified atom stereocenters. The minimum absolute atomic E-state index is 0.0313. The van der Waals surface area contributed by atoms with Crippen molar-refractivity contribution >= 4 is 44.4 Å². The van der Waals surface area contributed by atoms with Crippen molar-refractivity contribution in [1.82, 2.24) is 0 Å². The minimum atomic E-state index is -0.553. The molecular formula is C19H12BrNO4. The summed E-state index contributed by atoms with van der Waals surface area (Å²) in [6, 6.07) is 17.2. The number of halogens is 1. The van der Waals surface area contributed by atoms with E-state index in [1.54, 1.807) is 24.3 Å². The molecule has 0 saturated heterocycles. The summed E-state index contributed by atoms with van der Waals surface area (Å²) in [5.41, 5.74) is 0.519. The van der Waals surface area contributed by atoms with Crippen LogP contribution in [-0.4, -0.2) is 10.9 Å². The summed E-state index contributed by atoms with van der Waals surface area (Å²) in [6.45, 7) is 0. The van der Waals surface area contributed by atoms with Crippen LogP contribution in [0.4, 0.5) is 5.69 Å². The normalized spacial score (nSPS) is 10.9. The van der Waals surface area contributed by atoms with Crippen molar-refractivity contribution in [2.24, 2.45) is 0 Å². The summed E-state index contributed by atoms with van der Waals surface area (Å²) in [6.07, 6.45) is 2.72. The third kappa shape index (κ3) is 4.30. The first kappa shape index (κ1) is 16.9. The number of fused-ring (bicyclic) bond motifs is 1. The molecule has 3 aromatic carbocycles. The standard InChI is InChI=1S/C19H12BrNO4/c20-16-7-5-15-12-18(8-6-14(15)11-16)25-19(22)9-4-13-2-1-3-17(10-13)21(23)24/h1-12H. The van der Waals surface area contributed by atoms with Crippen molar-refractivity contribution in [3.63, 3.8) is 0 Å². The molecule has 3 aromatic rings. The van der Waals surface area contributed by atoms with Gasteiger partial charge in [-0.2, -0.15) is 0 Å². The first-order valence-electron chi connectivity index (χ1n) is 7.35. The van der Waals surface area contributed by atoms with Gasteiger partial charge in [0.1, 0.15) is 5.75 Å². The summed E-state index contributed by atoms with van der Waals surface area (Å²) in [4.78, 5) is 22.2. The zero-order valence-electron chi connectivity index (χ0n) is 12.9. The van der Waals surface area contributed by atoms with Gasteiger partial charge in [-0.15, -0.1) is 0 Å². The Bertz CT molecular complexity index is 998. The van der Waals surface area contributed by atoms with Gasteiger partial charge in [0.2, 0.25) is 0 Å². The molecule has 0 aromatic heterocycles. The largest absolute Gasteiger partial charge is 0.423 e. The molecule has 0 bridgehead atoms. The highest BCUT2D eigenvalue weighted by Crippen LogP contribution is 2.24. The maximum absolute atomic E-state index is 11.9. The summed E-state index contributed by atoms with van der Waals surface area (Å²) >= 11 is 3.41. The molecule has 0 N–H and O–H groups in total. The molecule has 0 aliphatic carbocycles. The van der Waals surface area contributed by atoms with E-state index in [0.717, 1.165) is 15.2 Å². The number of esters is 1. The molecule has 5 nitrogen and oxygen atoms in total. The lowest BCUT2D eigenvalue weighted by atomic mass is 10.1. The molecule has 0 saturated carbocycles. The molecule has 6 heteroatoms. The summed E-state index contributed by atoms with van der Waals surface area (Å²) < 4.78 is 6.26. The van der Waals surface area contributed by atoms with Crippen LogP contribution < -0.4 is 4.74 Å². The number of ether oxygens (including phenoxy) is 1. The average molecular weight is 398 g/mol. The number of non-ortho nitro benzene ring substituents is 1. The molecule has 3 rings (SSSR count). The molecule has 124 valence electrons. The molecule has 0 amide bonds. The summed E-state index contributed by atoms with van der Waals surface area (Å²) in [7, 11) is 0. The fourth-order valence-electron chi connectivity index (χ4n) is 2.31. The lowest BCUT2D eigenvalue weighted by molar-refractivity contribution is -0.384. The maximum Gasteiger partial charge on any atom is 0.336 e. The number of hydrogen-bond acceptors (Lipinski definition) is 4. The Hall–Kier alpha value is -2.99. The average Bonchev–Trinajstić information content (AvgIpc) is 2.60. The smallest absolute Gasteiger partial charge is 0.336 e. The Morgan fingerprint density at radius 3 is 2.60 bits per heavy atom. The number of carbonyl (C=O) groups is 1. The van der Waals surface area contributed by atoms with Gasteiger partial charge >= 0.3 is 5.97 Å². The Morgan fingerprint density at radius 1 is 1.04 bits per heavy atom. The lowest BCUT2D eigenvalue weighted by Gasteiger charge is -2.04. The van der Waals surface area contributed by atoms with Crippen molar-refractivity contribution in [1.29, 1.82) is 0 Å². The SMILES string of the molecule is O=C(C=Cc1cccc([N+](=O)[O-])c1)Oc1ccc2cc(Br)ccc2c1. The number of hydrogen-bond donors (Lipinski definition) is 0. The van der Waals surface area contributed by atoms with E-state index in [4.69, 9.17) is 4.74 Å². The second-order valence-electron chi connectivity index (χ2n) is 5.26. The van der Waals surface area contributed by atoms with E-state index in [1.807, 2.05) is 24.3 Å². The van der Waals surface area contributed by atoms with Crippen LogP contribution in [-0.2, 0) is 4.79 Å².